The minimum Gasteiger partial charge on any atom is -0.505 e. The summed E-state index contributed by atoms with van der Waals surface area (Å²) in [4.78, 5) is 0. The number of nitrogens with zero attached hydrogens (tertiary/aromatic N) is 2. The van der Waals surface area contributed by atoms with Crippen molar-refractivity contribution < 1.29 is 5.11 Å². The zero-order valence-corrected chi connectivity index (χ0v) is 11.6. The van der Waals surface area contributed by atoms with Gasteiger partial charge in [-0.3, -0.25) is 0 Å². The van der Waals surface area contributed by atoms with E-state index in [9.17, 15) is 15.6 Å². The largest absolute Gasteiger partial charge is 0.505 e. The molecule has 102 valence electrons. The average Bonchev–Trinajstić information content (AvgIpc) is 2.54. The maximum absolute atomic E-state index is 10.3. The van der Waals surface area contributed by atoms with E-state index in [2.05, 4.69) is 12.1 Å². The molecule has 21 heavy (non-hydrogen) atoms. The smallest absolute Gasteiger partial charge is 0.152 e. The van der Waals surface area contributed by atoms with Gasteiger partial charge in [0.15, 0.2) is 5.75 Å². The summed E-state index contributed by atoms with van der Waals surface area (Å²) in [6.45, 7) is 0. The van der Waals surface area contributed by atoms with Crippen molar-refractivity contribution >= 4 is 0 Å². The Bertz CT molecular complexity index is 780. The van der Waals surface area contributed by atoms with Crippen LogP contribution in [-0.2, 0) is 12.8 Å². The molecule has 1 N–H and O–H groups in total. The molecule has 0 spiro atoms. The highest BCUT2D eigenvalue weighted by atomic mass is 16.3. The Hall–Kier alpha value is -2.78. The van der Waals surface area contributed by atoms with E-state index in [0.29, 0.717) is 0 Å². The quantitative estimate of drug-likeness (QED) is 0.862. The monoisotopic (exact) mass is 274 g/mol. The van der Waals surface area contributed by atoms with Crippen molar-refractivity contribution in [2.24, 2.45) is 0 Å². The van der Waals surface area contributed by atoms with Crippen LogP contribution in [-0.4, -0.2) is 5.11 Å². The van der Waals surface area contributed by atoms with Gasteiger partial charge in [0.1, 0.15) is 17.7 Å². The third kappa shape index (κ3) is 2.04. The van der Waals surface area contributed by atoms with Crippen molar-refractivity contribution in [1.29, 1.82) is 10.5 Å². The lowest BCUT2D eigenvalue weighted by molar-refractivity contribution is 0.470. The van der Waals surface area contributed by atoms with E-state index in [0.717, 1.165) is 47.9 Å². The van der Waals surface area contributed by atoms with Crippen LogP contribution in [0, 0.1) is 22.7 Å². The number of phenols is 1. The van der Waals surface area contributed by atoms with Crippen molar-refractivity contribution in [3.05, 3.63) is 52.6 Å². The van der Waals surface area contributed by atoms with Crippen LogP contribution in [0.4, 0.5) is 0 Å². The van der Waals surface area contributed by atoms with E-state index in [1.807, 2.05) is 30.3 Å². The Balaban J connectivity index is 2.42. The molecular weight excluding hydrogens is 260 g/mol. The molecule has 1 aliphatic carbocycles. The molecule has 1 aliphatic rings. The standard InChI is InChI=1S/C18H14N2O/c19-10-15-13-8-4-5-9-14(13)17(16(11-20)18(15)21)12-6-2-1-3-7-12/h1-3,6-7,21H,4-5,8-9H2. The van der Waals surface area contributed by atoms with Crippen molar-refractivity contribution in [2.75, 3.05) is 0 Å². The van der Waals surface area contributed by atoms with Gasteiger partial charge in [-0.1, -0.05) is 30.3 Å². The van der Waals surface area contributed by atoms with Gasteiger partial charge in [-0.2, -0.15) is 10.5 Å². The molecule has 0 radical (unpaired) electrons. The van der Waals surface area contributed by atoms with Gasteiger partial charge in [-0.25, -0.2) is 0 Å². The minimum atomic E-state index is -0.167. The van der Waals surface area contributed by atoms with Crippen LogP contribution in [0.3, 0.4) is 0 Å². The summed E-state index contributed by atoms with van der Waals surface area (Å²) < 4.78 is 0. The fourth-order valence-electron chi connectivity index (χ4n) is 3.15. The molecule has 0 aliphatic heterocycles. The second kappa shape index (κ2) is 5.31. The normalized spacial score (nSPS) is 13.0. The number of hydrogen-bond donors (Lipinski definition) is 1. The number of rotatable bonds is 1. The molecule has 3 rings (SSSR count). The van der Waals surface area contributed by atoms with Crippen LogP contribution in [0.5, 0.6) is 5.75 Å². The maximum Gasteiger partial charge on any atom is 0.152 e. The Morgan fingerprint density at radius 1 is 0.857 bits per heavy atom. The number of phenolic OH excluding ortho intramolecular Hbond substituents is 1. The Morgan fingerprint density at radius 3 is 2.10 bits per heavy atom. The average molecular weight is 274 g/mol. The van der Waals surface area contributed by atoms with E-state index in [1.165, 1.54) is 0 Å². The third-order valence-corrected chi connectivity index (χ3v) is 4.08. The van der Waals surface area contributed by atoms with Gasteiger partial charge >= 0.3 is 0 Å². The van der Waals surface area contributed by atoms with Crippen molar-refractivity contribution in [1.82, 2.24) is 0 Å². The Kier molecular flexibility index (Phi) is 3.34. The molecule has 0 saturated heterocycles. The number of hydrogen-bond acceptors (Lipinski definition) is 3. The Morgan fingerprint density at radius 2 is 1.48 bits per heavy atom. The van der Waals surface area contributed by atoms with E-state index >= 15 is 0 Å². The highest BCUT2D eigenvalue weighted by Gasteiger charge is 2.25. The van der Waals surface area contributed by atoms with Crippen LogP contribution >= 0.6 is 0 Å². The lowest BCUT2D eigenvalue weighted by Gasteiger charge is -2.23. The van der Waals surface area contributed by atoms with Gasteiger partial charge in [-0.15, -0.1) is 0 Å². The van der Waals surface area contributed by atoms with Gasteiger partial charge in [-0.05, 0) is 42.4 Å². The van der Waals surface area contributed by atoms with Gasteiger partial charge in [0, 0.05) is 5.56 Å². The molecule has 3 heteroatoms. The molecule has 0 bridgehead atoms. The SMILES string of the molecule is N#Cc1c(O)c(C#N)c(-c2ccccc2)c2c1CCCC2. The molecule has 3 nitrogen and oxygen atoms in total. The van der Waals surface area contributed by atoms with E-state index in [-0.39, 0.29) is 16.9 Å². The fraction of sp³-hybridized carbons (Fsp3) is 0.222. The number of fused-ring (bicyclic) bond motifs is 1. The van der Waals surface area contributed by atoms with Gasteiger partial charge in [0.2, 0.25) is 0 Å². The first kappa shape index (κ1) is 13.2. The van der Waals surface area contributed by atoms with Crippen LogP contribution in [0.25, 0.3) is 11.1 Å². The molecule has 0 heterocycles. The molecule has 0 amide bonds. The van der Waals surface area contributed by atoms with Crippen molar-refractivity contribution in [2.45, 2.75) is 25.7 Å². The topological polar surface area (TPSA) is 67.8 Å². The lowest BCUT2D eigenvalue weighted by atomic mass is 9.80. The second-order valence-corrected chi connectivity index (χ2v) is 5.23. The molecule has 2 aromatic rings. The lowest BCUT2D eigenvalue weighted by Crippen LogP contribution is -2.09. The first-order valence-corrected chi connectivity index (χ1v) is 7.04. The maximum atomic E-state index is 10.3. The highest BCUT2D eigenvalue weighted by molar-refractivity contribution is 5.81. The Labute approximate surface area is 123 Å². The predicted molar refractivity (Wildman–Crippen MR) is 79.6 cm³/mol. The first-order chi connectivity index (χ1) is 10.3. The molecular formula is C18H14N2O. The number of benzene rings is 2. The first-order valence-electron chi connectivity index (χ1n) is 7.04. The van der Waals surface area contributed by atoms with Crippen molar-refractivity contribution in [3.63, 3.8) is 0 Å². The van der Waals surface area contributed by atoms with Crippen LogP contribution < -0.4 is 0 Å². The zero-order chi connectivity index (χ0) is 14.8. The number of nitriles is 2. The summed E-state index contributed by atoms with van der Waals surface area (Å²) >= 11 is 0. The van der Waals surface area contributed by atoms with Gasteiger partial charge < -0.3 is 5.11 Å². The molecule has 0 unspecified atom stereocenters. The minimum absolute atomic E-state index is 0.167. The molecule has 2 aromatic carbocycles. The molecule has 0 atom stereocenters. The van der Waals surface area contributed by atoms with Gasteiger partial charge in [0.05, 0.1) is 5.56 Å². The predicted octanol–water partition coefficient (Wildman–Crippen LogP) is 3.68. The summed E-state index contributed by atoms with van der Waals surface area (Å²) in [7, 11) is 0. The van der Waals surface area contributed by atoms with Crippen molar-refractivity contribution in [3.8, 4) is 29.0 Å². The summed E-state index contributed by atoms with van der Waals surface area (Å²) in [5.41, 5.74) is 4.19. The van der Waals surface area contributed by atoms with E-state index in [1.54, 1.807) is 0 Å². The van der Waals surface area contributed by atoms with E-state index in [4.69, 9.17) is 0 Å². The molecule has 0 aromatic heterocycles. The summed E-state index contributed by atoms with van der Waals surface area (Å²) in [6.07, 6.45) is 3.70. The molecule has 0 fully saturated rings. The molecule has 0 saturated carbocycles. The zero-order valence-electron chi connectivity index (χ0n) is 11.6. The van der Waals surface area contributed by atoms with Gasteiger partial charge in [0.25, 0.3) is 0 Å². The fourth-order valence-corrected chi connectivity index (χ4v) is 3.15. The summed E-state index contributed by atoms with van der Waals surface area (Å²) in [5.74, 6) is -0.167. The summed E-state index contributed by atoms with van der Waals surface area (Å²) in [5, 5.41) is 29.1. The van der Waals surface area contributed by atoms with Crippen LogP contribution in [0.15, 0.2) is 30.3 Å². The van der Waals surface area contributed by atoms with E-state index < -0.39 is 0 Å². The van der Waals surface area contributed by atoms with Crippen LogP contribution in [0.1, 0.15) is 35.1 Å². The second-order valence-electron chi connectivity index (χ2n) is 5.23. The highest BCUT2D eigenvalue weighted by Crippen LogP contribution is 2.41. The number of aromatic hydroxyl groups is 1. The summed E-state index contributed by atoms with van der Waals surface area (Å²) in [6, 6.07) is 13.8. The van der Waals surface area contributed by atoms with Crippen LogP contribution in [0.2, 0.25) is 0 Å². The third-order valence-electron chi connectivity index (χ3n) is 4.08.